The van der Waals surface area contributed by atoms with Gasteiger partial charge in [0, 0.05) is 13.7 Å². The van der Waals surface area contributed by atoms with Crippen LogP contribution in [-0.4, -0.2) is 44.2 Å². The summed E-state index contributed by atoms with van der Waals surface area (Å²) in [6, 6.07) is -1.17. The Hall–Kier alpha value is -1.14. The molecule has 0 aromatic rings. The zero-order valence-corrected chi connectivity index (χ0v) is 11.7. The van der Waals surface area contributed by atoms with E-state index in [2.05, 4.69) is 10.6 Å². The van der Waals surface area contributed by atoms with Gasteiger partial charge in [0.15, 0.2) is 0 Å². The highest BCUT2D eigenvalue weighted by Crippen LogP contribution is 2.05. The van der Waals surface area contributed by atoms with Crippen molar-refractivity contribution >= 4 is 11.8 Å². The number of amides is 2. The smallest absolute Gasteiger partial charge is 0.242 e. The lowest BCUT2D eigenvalue weighted by Crippen LogP contribution is -2.52. The summed E-state index contributed by atoms with van der Waals surface area (Å²) in [5.41, 5.74) is 5.78. The molecule has 0 bridgehead atoms. The number of ether oxygens (including phenoxy) is 1. The topological polar surface area (TPSA) is 93.5 Å². The first-order valence-electron chi connectivity index (χ1n) is 6.26. The Morgan fingerprint density at radius 2 is 1.89 bits per heavy atom. The second-order valence-electron chi connectivity index (χ2n) is 4.43. The van der Waals surface area contributed by atoms with Crippen molar-refractivity contribution in [1.29, 1.82) is 0 Å². The molecule has 0 aliphatic rings. The van der Waals surface area contributed by atoms with Crippen molar-refractivity contribution in [2.75, 3.05) is 20.3 Å². The fraction of sp³-hybridized carbons (Fsp3) is 0.833. The van der Waals surface area contributed by atoms with Crippen LogP contribution < -0.4 is 16.4 Å². The summed E-state index contributed by atoms with van der Waals surface area (Å²) in [5.74, 6) is -0.441. The third-order valence-electron chi connectivity index (χ3n) is 2.92. The van der Waals surface area contributed by atoms with Crippen LogP contribution in [0.5, 0.6) is 0 Å². The molecule has 106 valence electrons. The van der Waals surface area contributed by atoms with Gasteiger partial charge in [0.1, 0.15) is 6.04 Å². The molecule has 0 saturated carbocycles. The van der Waals surface area contributed by atoms with Gasteiger partial charge in [-0.1, -0.05) is 20.3 Å². The van der Waals surface area contributed by atoms with Gasteiger partial charge in [-0.15, -0.1) is 0 Å². The number of nitrogens with one attached hydrogen (secondary N) is 2. The first-order chi connectivity index (χ1) is 8.43. The molecule has 0 fully saturated rings. The van der Waals surface area contributed by atoms with Gasteiger partial charge in [0.2, 0.25) is 11.8 Å². The van der Waals surface area contributed by atoms with Gasteiger partial charge in [-0.2, -0.15) is 0 Å². The lowest BCUT2D eigenvalue weighted by Gasteiger charge is -2.20. The van der Waals surface area contributed by atoms with Gasteiger partial charge in [-0.3, -0.25) is 9.59 Å². The SMILES string of the molecule is CC[C@H](C)[C@H](N)C(=O)NC(C)C(=O)NCCOC. The molecule has 0 radical (unpaired) electrons. The van der Waals surface area contributed by atoms with Crippen LogP contribution in [0, 0.1) is 5.92 Å². The lowest BCUT2D eigenvalue weighted by atomic mass is 9.99. The number of hydrogen-bond acceptors (Lipinski definition) is 4. The third-order valence-corrected chi connectivity index (χ3v) is 2.92. The van der Waals surface area contributed by atoms with Crippen LogP contribution in [0.4, 0.5) is 0 Å². The van der Waals surface area contributed by atoms with Crippen molar-refractivity contribution in [2.24, 2.45) is 11.7 Å². The maximum atomic E-state index is 11.7. The van der Waals surface area contributed by atoms with E-state index in [0.29, 0.717) is 13.2 Å². The molecule has 0 aromatic heterocycles. The number of hydrogen-bond donors (Lipinski definition) is 3. The highest BCUT2D eigenvalue weighted by Gasteiger charge is 2.23. The summed E-state index contributed by atoms with van der Waals surface area (Å²) in [6.07, 6.45) is 0.822. The molecule has 0 rings (SSSR count). The van der Waals surface area contributed by atoms with Crippen molar-refractivity contribution in [1.82, 2.24) is 10.6 Å². The number of carbonyl (C=O) groups excluding carboxylic acids is 2. The summed E-state index contributed by atoms with van der Waals surface area (Å²) in [4.78, 5) is 23.3. The summed E-state index contributed by atoms with van der Waals surface area (Å²) >= 11 is 0. The molecule has 4 N–H and O–H groups in total. The normalized spacial score (nSPS) is 15.6. The Kier molecular flexibility index (Phi) is 8.32. The highest BCUT2D eigenvalue weighted by molar-refractivity contribution is 5.89. The van der Waals surface area contributed by atoms with Crippen LogP contribution in [0.2, 0.25) is 0 Å². The van der Waals surface area contributed by atoms with E-state index in [9.17, 15) is 9.59 Å². The Bertz CT molecular complexity index is 271. The minimum absolute atomic E-state index is 0.0914. The monoisotopic (exact) mass is 259 g/mol. The van der Waals surface area contributed by atoms with Crippen LogP contribution in [0.15, 0.2) is 0 Å². The molecule has 0 saturated heterocycles. The lowest BCUT2D eigenvalue weighted by molar-refractivity contribution is -0.129. The van der Waals surface area contributed by atoms with E-state index in [4.69, 9.17) is 10.5 Å². The predicted octanol–water partition coefficient (Wildman–Crippen LogP) is -0.373. The first-order valence-corrected chi connectivity index (χ1v) is 6.26. The zero-order chi connectivity index (χ0) is 14.1. The van der Waals surface area contributed by atoms with Gasteiger partial charge >= 0.3 is 0 Å². The number of carbonyl (C=O) groups is 2. The largest absolute Gasteiger partial charge is 0.383 e. The van der Waals surface area contributed by atoms with Crippen LogP contribution in [0.3, 0.4) is 0 Å². The molecule has 0 spiro atoms. The molecular formula is C12H25N3O3. The molecule has 0 heterocycles. The summed E-state index contributed by atoms with van der Waals surface area (Å²) in [6.45, 7) is 6.38. The van der Waals surface area contributed by atoms with Crippen LogP contribution in [0.25, 0.3) is 0 Å². The second kappa shape index (κ2) is 8.88. The standard InChI is InChI=1S/C12H25N3O3/c1-5-8(2)10(13)12(17)15-9(3)11(16)14-6-7-18-4/h8-10H,5-7,13H2,1-4H3,(H,14,16)(H,15,17)/t8-,9?,10-/m0/s1. The van der Waals surface area contributed by atoms with Gasteiger partial charge < -0.3 is 21.1 Å². The molecular weight excluding hydrogens is 234 g/mol. The minimum Gasteiger partial charge on any atom is -0.383 e. The van der Waals surface area contributed by atoms with Gasteiger partial charge in [-0.05, 0) is 12.8 Å². The number of methoxy groups -OCH3 is 1. The first kappa shape index (κ1) is 16.9. The van der Waals surface area contributed by atoms with Gasteiger partial charge in [0.25, 0.3) is 0 Å². The van der Waals surface area contributed by atoms with Crippen molar-refractivity contribution in [3.8, 4) is 0 Å². The zero-order valence-electron chi connectivity index (χ0n) is 11.7. The number of rotatable bonds is 8. The maximum Gasteiger partial charge on any atom is 0.242 e. The van der Waals surface area contributed by atoms with E-state index >= 15 is 0 Å². The van der Waals surface area contributed by atoms with E-state index < -0.39 is 12.1 Å². The molecule has 1 unspecified atom stereocenters. The highest BCUT2D eigenvalue weighted by atomic mass is 16.5. The molecule has 0 aliphatic heterocycles. The Labute approximate surface area is 109 Å². The van der Waals surface area contributed by atoms with E-state index in [1.807, 2.05) is 13.8 Å². The van der Waals surface area contributed by atoms with Crippen molar-refractivity contribution in [3.05, 3.63) is 0 Å². The Balaban J connectivity index is 4.09. The average Bonchev–Trinajstić information content (AvgIpc) is 2.36. The second-order valence-corrected chi connectivity index (χ2v) is 4.43. The molecule has 0 aromatic carbocycles. The van der Waals surface area contributed by atoms with Crippen LogP contribution in [-0.2, 0) is 14.3 Å². The predicted molar refractivity (Wildman–Crippen MR) is 69.9 cm³/mol. The van der Waals surface area contributed by atoms with Gasteiger partial charge in [-0.25, -0.2) is 0 Å². The fourth-order valence-corrected chi connectivity index (χ4v) is 1.32. The van der Waals surface area contributed by atoms with Crippen LogP contribution in [0.1, 0.15) is 27.2 Å². The van der Waals surface area contributed by atoms with Crippen molar-refractivity contribution in [3.63, 3.8) is 0 Å². The molecule has 6 nitrogen and oxygen atoms in total. The molecule has 18 heavy (non-hydrogen) atoms. The molecule has 6 heteroatoms. The van der Waals surface area contributed by atoms with E-state index in [0.717, 1.165) is 6.42 Å². The van der Waals surface area contributed by atoms with E-state index in [1.165, 1.54) is 0 Å². The Morgan fingerprint density at radius 3 is 2.39 bits per heavy atom. The quantitative estimate of drug-likeness (QED) is 0.518. The maximum absolute atomic E-state index is 11.7. The molecule has 0 aliphatic carbocycles. The Morgan fingerprint density at radius 1 is 1.28 bits per heavy atom. The minimum atomic E-state index is -0.593. The summed E-state index contributed by atoms with van der Waals surface area (Å²) < 4.78 is 4.82. The van der Waals surface area contributed by atoms with Gasteiger partial charge in [0.05, 0.1) is 12.6 Å². The molecule has 3 atom stereocenters. The van der Waals surface area contributed by atoms with E-state index in [-0.39, 0.29) is 17.7 Å². The number of nitrogens with two attached hydrogens (primary N) is 1. The summed E-state index contributed by atoms with van der Waals surface area (Å²) in [7, 11) is 1.56. The summed E-state index contributed by atoms with van der Waals surface area (Å²) in [5, 5.41) is 5.26. The van der Waals surface area contributed by atoms with Crippen LogP contribution >= 0.6 is 0 Å². The fourth-order valence-electron chi connectivity index (χ4n) is 1.32. The van der Waals surface area contributed by atoms with Crippen molar-refractivity contribution < 1.29 is 14.3 Å². The third kappa shape index (κ3) is 5.97. The van der Waals surface area contributed by atoms with Crippen molar-refractivity contribution in [2.45, 2.75) is 39.3 Å². The average molecular weight is 259 g/mol. The van der Waals surface area contributed by atoms with E-state index in [1.54, 1.807) is 14.0 Å². The molecule has 2 amide bonds.